The topological polar surface area (TPSA) is 71.3 Å². The molecule has 3 rings (SSSR count). The summed E-state index contributed by atoms with van der Waals surface area (Å²) in [5.74, 6) is 2.73. The molecule has 2 amide bonds. The third-order valence-electron chi connectivity index (χ3n) is 5.08. The Kier molecular flexibility index (Phi) is 5.45. The van der Waals surface area contributed by atoms with Crippen LogP contribution in [-0.4, -0.2) is 18.4 Å². The first-order chi connectivity index (χ1) is 12.4. The molecule has 2 N–H and O–H groups in total. The van der Waals surface area contributed by atoms with Crippen LogP contribution < -0.4 is 10.6 Å². The summed E-state index contributed by atoms with van der Waals surface area (Å²) < 4.78 is 5.80. The Hall–Kier alpha value is -2.56. The second kappa shape index (κ2) is 7.77. The summed E-state index contributed by atoms with van der Waals surface area (Å²) in [6, 6.07) is 9.71. The van der Waals surface area contributed by atoms with Gasteiger partial charge in [-0.05, 0) is 55.5 Å². The fraction of sp³-hybridized carbons (Fsp3) is 0.429. The number of carbonyl (C=O) groups excluding carboxylic acids is 2. The second-order valence-corrected chi connectivity index (χ2v) is 7.20. The first-order valence-electron chi connectivity index (χ1n) is 9.15. The van der Waals surface area contributed by atoms with Gasteiger partial charge in [-0.25, -0.2) is 0 Å². The highest BCUT2D eigenvalue weighted by molar-refractivity contribution is 5.95. The van der Waals surface area contributed by atoms with Crippen LogP contribution in [0.1, 0.15) is 48.3 Å². The van der Waals surface area contributed by atoms with Crippen molar-refractivity contribution in [3.05, 3.63) is 53.0 Å². The molecule has 26 heavy (non-hydrogen) atoms. The van der Waals surface area contributed by atoms with E-state index in [2.05, 4.69) is 17.6 Å². The minimum Gasteiger partial charge on any atom is -0.466 e. The smallest absolute Gasteiger partial charge is 0.243 e. The summed E-state index contributed by atoms with van der Waals surface area (Å²) in [7, 11) is 0. The molecule has 1 saturated carbocycles. The quantitative estimate of drug-likeness (QED) is 0.796. The molecule has 1 aromatic heterocycles. The van der Waals surface area contributed by atoms with Gasteiger partial charge < -0.3 is 15.1 Å². The van der Waals surface area contributed by atoms with E-state index in [4.69, 9.17) is 4.42 Å². The Labute approximate surface area is 154 Å². The molecule has 2 aromatic rings. The fourth-order valence-corrected chi connectivity index (χ4v) is 3.03. The maximum Gasteiger partial charge on any atom is 0.243 e. The molecule has 1 aromatic carbocycles. The summed E-state index contributed by atoms with van der Waals surface area (Å²) >= 11 is 0. The summed E-state index contributed by atoms with van der Waals surface area (Å²) in [6.07, 6.45) is 2.04. The standard InChI is InChI=1S/C21H26N2O3/c1-13-5-4-6-18(15(13)3)23-21(25)12-22-20(24)10-8-16-7-9-19(26-16)17-11-14(17)2/h4-7,9,14,17H,8,10-12H2,1-3H3,(H,22,24)(H,23,25)/t14-,17-/m0/s1. The molecule has 1 fully saturated rings. The van der Waals surface area contributed by atoms with Crippen molar-refractivity contribution in [2.45, 2.75) is 46.0 Å². The molecular formula is C21H26N2O3. The Morgan fingerprint density at radius 1 is 1.15 bits per heavy atom. The third kappa shape index (κ3) is 4.54. The Morgan fingerprint density at radius 3 is 2.65 bits per heavy atom. The number of aryl methyl sites for hydroxylation is 2. The highest BCUT2D eigenvalue weighted by Gasteiger charge is 2.36. The van der Waals surface area contributed by atoms with Crippen LogP contribution in [0.4, 0.5) is 5.69 Å². The number of nitrogens with one attached hydrogen (secondary N) is 2. The van der Waals surface area contributed by atoms with Gasteiger partial charge in [0.15, 0.2) is 0 Å². The van der Waals surface area contributed by atoms with Crippen molar-refractivity contribution in [1.82, 2.24) is 5.32 Å². The minimum atomic E-state index is -0.227. The van der Waals surface area contributed by atoms with Crippen molar-refractivity contribution in [1.29, 1.82) is 0 Å². The number of anilines is 1. The van der Waals surface area contributed by atoms with Crippen LogP contribution in [0.25, 0.3) is 0 Å². The van der Waals surface area contributed by atoms with E-state index in [1.54, 1.807) is 0 Å². The van der Waals surface area contributed by atoms with Crippen molar-refractivity contribution < 1.29 is 14.0 Å². The maximum atomic E-state index is 12.0. The lowest BCUT2D eigenvalue weighted by molar-refractivity contribution is -0.124. The molecule has 0 unspecified atom stereocenters. The van der Waals surface area contributed by atoms with Crippen LogP contribution in [-0.2, 0) is 16.0 Å². The number of furan rings is 1. The van der Waals surface area contributed by atoms with Crippen molar-refractivity contribution >= 4 is 17.5 Å². The van der Waals surface area contributed by atoms with E-state index in [1.807, 2.05) is 44.2 Å². The number of benzene rings is 1. The van der Waals surface area contributed by atoms with Crippen molar-refractivity contribution in [2.75, 3.05) is 11.9 Å². The molecule has 1 heterocycles. The summed E-state index contributed by atoms with van der Waals surface area (Å²) in [5, 5.41) is 5.50. The van der Waals surface area contributed by atoms with Crippen LogP contribution in [0.5, 0.6) is 0 Å². The lowest BCUT2D eigenvalue weighted by Gasteiger charge is -2.10. The largest absolute Gasteiger partial charge is 0.466 e. The van der Waals surface area contributed by atoms with E-state index in [0.29, 0.717) is 24.7 Å². The molecule has 1 aliphatic carbocycles. The maximum absolute atomic E-state index is 12.0. The summed E-state index contributed by atoms with van der Waals surface area (Å²) in [5.41, 5.74) is 2.93. The van der Waals surface area contributed by atoms with Gasteiger partial charge in [0.2, 0.25) is 11.8 Å². The van der Waals surface area contributed by atoms with Crippen LogP contribution in [0.2, 0.25) is 0 Å². The fourth-order valence-electron chi connectivity index (χ4n) is 3.03. The van der Waals surface area contributed by atoms with Gasteiger partial charge >= 0.3 is 0 Å². The first-order valence-corrected chi connectivity index (χ1v) is 9.15. The van der Waals surface area contributed by atoms with Gasteiger partial charge in [-0.15, -0.1) is 0 Å². The van der Waals surface area contributed by atoms with Crippen LogP contribution in [0, 0.1) is 19.8 Å². The van der Waals surface area contributed by atoms with E-state index < -0.39 is 0 Å². The zero-order chi connectivity index (χ0) is 18.7. The number of hydrogen-bond acceptors (Lipinski definition) is 3. The highest BCUT2D eigenvalue weighted by Crippen LogP contribution is 2.47. The van der Waals surface area contributed by atoms with Gasteiger partial charge in [0, 0.05) is 24.4 Å². The predicted molar refractivity (Wildman–Crippen MR) is 101 cm³/mol. The number of hydrogen-bond donors (Lipinski definition) is 2. The SMILES string of the molecule is Cc1cccc(NC(=O)CNC(=O)CCc2ccc([C@H]3C[C@@H]3C)o2)c1C. The molecule has 138 valence electrons. The Bertz CT molecular complexity index is 809. The summed E-state index contributed by atoms with van der Waals surface area (Å²) in [6.45, 7) is 6.14. The number of amides is 2. The van der Waals surface area contributed by atoms with Crippen LogP contribution in [0.15, 0.2) is 34.7 Å². The van der Waals surface area contributed by atoms with Gasteiger partial charge in [-0.1, -0.05) is 19.1 Å². The second-order valence-electron chi connectivity index (χ2n) is 7.20. The third-order valence-corrected chi connectivity index (χ3v) is 5.08. The Morgan fingerprint density at radius 2 is 1.92 bits per heavy atom. The van der Waals surface area contributed by atoms with Crippen molar-refractivity contribution in [3.8, 4) is 0 Å². The summed E-state index contributed by atoms with van der Waals surface area (Å²) in [4.78, 5) is 24.0. The van der Waals surface area contributed by atoms with E-state index >= 15 is 0 Å². The lowest BCUT2D eigenvalue weighted by Crippen LogP contribution is -2.33. The monoisotopic (exact) mass is 354 g/mol. The normalized spacial score (nSPS) is 18.4. The molecule has 1 aliphatic rings. The average molecular weight is 354 g/mol. The number of carbonyl (C=O) groups is 2. The molecule has 0 saturated heterocycles. The molecule has 5 heteroatoms. The van der Waals surface area contributed by atoms with Gasteiger partial charge in [-0.3, -0.25) is 9.59 Å². The number of rotatable bonds is 7. The zero-order valence-electron chi connectivity index (χ0n) is 15.6. The molecular weight excluding hydrogens is 328 g/mol. The van der Waals surface area contributed by atoms with E-state index in [1.165, 1.54) is 6.42 Å². The lowest BCUT2D eigenvalue weighted by atomic mass is 10.1. The van der Waals surface area contributed by atoms with Gasteiger partial charge in [0.1, 0.15) is 11.5 Å². The first kappa shape index (κ1) is 18.2. The molecule has 0 spiro atoms. The van der Waals surface area contributed by atoms with Crippen LogP contribution >= 0.6 is 0 Å². The Balaban J connectivity index is 1.40. The van der Waals surface area contributed by atoms with Gasteiger partial charge in [0.05, 0.1) is 6.54 Å². The van der Waals surface area contributed by atoms with Crippen molar-refractivity contribution in [3.63, 3.8) is 0 Å². The molecule has 5 nitrogen and oxygen atoms in total. The average Bonchev–Trinajstić information content (AvgIpc) is 3.16. The van der Waals surface area contributed by atoms with Crippen molar-refractivity contribution in [2.24, 2.45) is 5.92 Å². The predicted octanol–water partition coefficient (Wildman–Crippen LogP) is 3.71. The van der Waals surface area contributed by atoms with E-state index in [0.717, 1.165) is 28.3 Å². The molecule has 0 aliphatic heterocycles. The van der Waals surface area contributed by atoms with Gasteiger partial charge in [-0.2, -0.15) is 0 Å². The molecule has 0 radical (unpaired) electrons. The molecule has 0 bridgehead atoms. The van der Waals surface area contributed by atoms with Crippen LogP contribution in [0.3, 0.4) is 0 Å². The van der Waals surface area contributed by atoms with Gasteiger partial charge in [0.25, 0.3) is 0 Å². The molecule has 2 atom stereocenters. The zero-order valence-corrected chi connectivity index (χ0v) is 15.6. The minimum absolute atomic E-state index is 0.0325. The van der Waals surface area contributed by atoms with E-state index in [-0.39, 0.29) is 18.4 Å². The van der Waals surface area contributed by atoms with E-state index in [9.17, 15) is 9.59 Å². The highest BCUT2D eigenvalue weighted by atomic mass is 16.3.